The van der Waals surface area contributed by atoms with Gasteiger partial charge < -0.3 is 5.32 Å². The van der Waals surface area contributed by atoms with Gasteiger partial charge in [0.2, 0.25) is 0 Å². The third-order valence-corrected chi connectivity index (χ3v) is 4.98. The van der Waals surface area contributed by atoms with Crippen molar-refractivity contribution in [2.75, 3.05) is 11.9 Å². The standard InChI is InChI=1S/C23H28N4S/c1-7-9-16(3)10-11-17(4)13-24-22-20(21(8-2)26-15-27-22)12-18(5)23-25-14-19(6)28-23/h8-12,14-15H,4-5,7,13H2,1-3,6H3,(H,24,26,27)/b11-10-,16-9+,20-12+,21-8+. The largest absolute Gasteiger partial charge is 0.365 e. The van der Waals surface area contributed by atoms with Crippen molar-refractivity contribution in [2.24, 2.45) is 0 Å². The van der Waals surface area contributed by atoms with Crippen LogP contribution in [0.4, 0.5) is 5.82 Å². The van der Waals surface area contributed by atoms with Gasteiger partial charge in [0, 0.05) is 28.4 Å². The number of hydrogen-bond donors (Lipinski definition) is 1. The molecule has 0 aliphatic rings. The summed E-state index contributed by atoms with van der Waals surface area (Å²) in [6, 6.07) is 0. The number of aryl methyl sites for hydroxylation is 1. The van der Waals surface area contributed by atoms with E-state index in [1.54, 1.807) is 17.7 Å². The van der Waals surface area contributed by atoms with E-state index in [2.05, 4.69) is 59.4 Å². The van der Waals surface area contributed by atoms with E-state index < -0.39 is 0 Å². The van der Waals surface area contributed by atoms with E-state index in [4.69, 9.17) is 0 Å². The SMILES string of the molecule is C=C(/C=C\C(C)=C\CC)CNc1ncnc(=C/C)/c1=C\C(=C)c1ncc(C)s1. The van der Waals surface area contributed by atoms with E-state index in [0.717, 1.165) is 43.8 Å². The van der Waals surface area contributed by atoms with Crippen molar-refractivity contribution in [1.82, 2.24) is 15.0 Å². The third kappa shape index (κ3) is 6.13. The Morgan fingerprint density at radius 3 is 2.64 bits per heavy atom. The minimum Gasteiger partial charge on any atom is -0.365 e. The van der Waals surface area contributed by atoms with Gasteiger partial charge in [0.05, 0.1) is 5.35 Å². The second-order valence-electron chi connectivity index (χ2n) is 6.46. The fourth-order valence-electron chi connectivity index (χ4n) is 2.56. The van der Waals surface area contributed by atoms with Crippen molar-refractivity contribution in [2.45, 2.75) is 34.1 Å². The first-order valence-corrected chi connectivity index (χ1v) is 10.1. The van der Waals surface area contributed by atoms with Gasteiger partial charge in [-0.05, 0) is 38.8 Å². The highest BCUT2D eigenvalue weighted by molar-refractivity contribution is 7.12. The van der Waals surface area contributed by atoms with Gasteiger partial charge in [0.1, 0.15) is 17.2 Å². The molecule has 0 unspecified atom stereocenters. The van der Waals surface area contributed by atoms with Gasteiger partial charge in [-0.2, -0.15) is 0 Å². The summed E-state index contributed by atoms with van der Waals surface area (Å²) in [5.41, 5.74) is 3.06. The molecule has 28 heavy (non-hydrogen) atoms. The molecule has 5 heteroatoms. The molecule has 2 aromatic heterocycles. The Bertz CT molecular complexity index is 1030. The molecule has 0 saturated heterocycles. The summed E-state index contributed by atoms with van der Waals surface area (Å²) < 4.78 is 0. The molecule has 2 rings (SSSR count). The quantitative estimate of drug-likeness (QED) is 0.676. The molecule has 0 aromatic carbocycles. The Labute approximate surface area is 171 Å². The summed E-state index contributed by atoms with van der Waals surface area (Å²) in [7, 11) is 0. The average molecular weight is 393 g/mol. The van der Waals surface area contributed by atoms with Gasteiger partial charge in [-0.25, -0.2) is 15.0 Å². The normalized spacial score (nSPS) is 13.4. The molecule has 2 heterocycles. The smallest absolute Gasteiger partial charge is 0.137 e. The first-order chi connectivity index (χ1) is 13.4. The molecule has 0 aliphatic heterocycles. The van der Waals surface area contributed by atoms with Crippen LogP contribution in [0.2, 0.25) is 0 Å². The zero-order valence-electron chi connectivity index (χ0n) is 17.1. The number of hydrogen-bond acceptors (Lipinski definition) is 5. The van der Waals surface area contributed by atoms with Gasteiger partial charge in [-0.1, -0.05) is 50.0 Å². The second-order valence-corrected chi connectivity index (χ2v) is 7.69. The minimum absolute atomic E-state index is 0.597. The lowest BCUT2D eigenvalue weighted by Crippen LogP contribution is -2.32. The minimum atomic E-state index is 0.597. The molecule has 0 spiro atoms. The number of nitrogens with zero attached hydrogens (tertiary/aromatic N) is 3. The molecule has 0 bridgehead atoms. The Morgan fingerprint density at radius 2 is 2.00 bits per heavy atom. The fraction of sp³-hybridized carbons (Fsp3) is 0.261. The molecule has 0 atom stereocenters. The van der Waals surface area contributed by atoms with Crippen LogP contribution in [0.3, 0.4) is 0 Å². The van der Waals surface area contributed by atoms with Crippen LogP contribution in [0, 0.1) is 6.92 Å². The summed E-state index contributed by atoms with van der Waals surface area (Å²) in [5, 5.41) is 6.04. The number of allylic oxidation sites excluding steroid dienone is 4. The van der Waals surface area contributed by atoms with Crippen LogP contribution in [-0.4, -0.2) is 21.5 Å². The highest BCUT2D eigenvalue weighted by Crippen LogP contribution is 2.19. The van der Waals surface area contributed by atoms with E-state index in [0.29, 0.717) is 6.54 Å². The van der Waals surface area contributed by atoms with Crippen molar-refractivity contribution in [1.29, 1.82) is 0 Å². The van der Waals surface area contributed by atoms with Gasteiger partial charge in [-0.15, -0.1) is 11.3 Å². The monoisotopic (exact) mass is 392 g/mol. The van der Waals surface area contributed by atoms with Gasteiger partial charge in [0.15, 0.2) is 0 Å². The van der Waals surface area contributed by atoms with Crippen molar-refractivity contribution >= 4 is 34.9 Å². The zero-order valence-corrected chi connectivity index (χ0v) is 17.9. The van der Waals surface area contributed by atoms with Gasteiger partial charge in [0.25, 0.3) is 0 Å². The summed E-state index contributed by atoms with van der Waals surface area (Å²) >= 11 is 1.62. The molecule has 0 radical (unpaired) electrons. The highest BCUT2D eigenvalue weighted by atomic mass is 32.1. The van der Waals surface area contributed by atoms with Crippen LogP contribution >= 0.6 is 11.3 Å². The number of anilines is 1. The third-order valence-electron chi connectivity index (χ3n) is 3.99. The van der Waals surface area contributed by atoms with Gasteiger partial charge >= 0.3 is 0 Å². The molecular weight excluding hydrogens is 364 g/mol. The van der Waals surface area contributed by atoms with E-state index in [-0.39, 0.29) is 0 Å². The summed E-state index contributed by atoms with van der Waals surface area (Å²) in [4.78, 5) is 14.4. The van der Waals surface area contributed by atoms with Crippen LogP contribution < -0.4 is 15.9 Å². The van der Waals surface area contributed by atoms with Crippen molar-refractivity contribution < 1.29 is 0 Å². The molecule has 0 amide bonds. The predicted octanol–water partition coefficient (Wildman–Crippen LogP) is 4.42. The Kier molecular flexibility index (Phi) is 8.08. The topological polar surface area (TPSA) is 50.7 Å². The first kappa shape index (κ1) is 21.5. The first-order valence-electron chi connectivity index (χ1n) is 9.31. The van der Waals surface area contributed by atoms with Crippen LogP contribution in [0.5, 0.6) is 0 Å². The maximum Gasteiger partial charge on any atom is 0.137 e. The van der Waals surface area contributed by atoms with E-state index >= 15 is 0 Å². The van der Waals surface area contributed by atoms with E-state index in [1.165, 1.54) is 5.57 Å². The lowest BCUT2D eigenvalue weighted by molar-refractivity contribution is 1.08. The van der Waals surface area contributed by atoms with Crippen LogP contribution in [0.1, 0.15) is 37.1 Å². The average Bonchev–Trinajstić information content (AvgIpc) is 3.12. The van der Waals surface area contributed by atoms with Gasteiger partial charge in [-0.3, -0.25) is 0 Å². The lowest BCUT2D eigenvalue weighted by Gasteiger charge is -2.07. The molecule has 146 valence electrons. The number of rotatable bonds is 8. The molecule has 0 saturated carbocycles. The van der Waals surface area contributed by atoms with Crippen molar-refractivity contribution in [3.8, 4) is 0 Å². The molecule has 0 fully saturated rings. The number of aromatic nitrogens is 3. The predicted molar refractivity (Wildman–Crippen MR) is 123 cm³/mol. The summed E-state index contributed by atoms with van der Waals surface area (Å²) in [6.45, 7) is 17.1. The fourth-order valence-corrected chi connectivity index (χ4v) is 3.26. The molecule has 2 aromatic rings. The molecule has 0 aliphatic carbocycles. The Morgan fingerprint density at radius 1 is 1.21 bits per heavy atom. The molecule has 4 nitrogen and oxygen atoms in total. The van der Waals surface area contributed by atoms with Crippen LogP contribution in [0.15, 0.2) is 55.1 Å². The summed E-state index contributed by atoms with van der Waals surface area (Å²) in [5.74, 6) is 0.757. The number of thiazole rings is 1. The Balaban J connectivity index is 2.26. The second kappa shape index (κ2) is 10.5. The zero-order chi connectivity index (χ0) is 20.5. The molecule has 1 N–H and O–H groups in total. The van der Waals surface area contributed by atoms with E-state index in [9.17, 15) is 0 Å². The van der Waals surface area contributed by atoms with E-state index in [1.807, 2.05) is 38.3 Å². The van der Waals surface area contributed by atoms with Crippen molar-refractivity contribution in [3.63, 3.8) is 0 Å². The highest BCUT2D eigenvalue weighted by Gasteiger charge is 2.04. The maximum absolute atomic E-state index is 4.43. The summed E-state index contributed by atoms with van der Waals surface area (Å²) in [6.07, 6.45) is 14.7. The maximum atomic E-state index is 4.43. The van der Waals surface area contributed by atoms with Crippen molar-refractivity contribution in [3.05, 3.63) is 75.5 Å². The number of nitrogens with one attached hydrogen (secondary N) is 1. The lowest BCUT2D eigenvalue weighted by atomic mass is 10.2. The molecular formula is C23H28N4S. The van der Waals surface area contributed by atoms with Crippen LogP contribution in [-0.2, 0) is 0 Å². The van der Waals surface area contributed by atoms with Crippen LogP contribution in [0.25, 0.3) is 17.7 Å². The Hall–Kier alpha value is -2.79.